The summed E-state index contributed by atoms with van der Waals surface area (Å²) in [7, 11) is -3.02. The molecule has 1 aromatic carbocycles. The number of carbonyl (C=O) groups excluding carboxylic acids is 1. The van der Waals surface area contributed by atoms with E-state index in [1.165, 1.54) is 6.20 Å². The molecule has 2 heterocycles. The maximum atomic E-state index is 12.4. The van der Waals surface area contributed by atoms with E-state index in [4.69, 9.17) is 23.2 Å². The molecule has 1 atom stereocenters. The predicted octanol–water partition coefficient (Wildman–Crippen LogP) is 3.11. The fraction of sp³-hybridized carbons (Fsp3) is 0.333. The molecule has 1 amide bonds. The number of carbonyl (C=O) groups is 1. The van der Waals surface area contributed by atoms with Crippen molar-refractivity contribution >= 4 is 44.6 Å². The van der Waals surface area contributed by atoms with Crippen LogP contribution in [0.15, 0.2) is 24.4 Å². The number of hydrogen-bond acceptors (Lipinski definition) is 4. The third-order valence-electron chi connectivity index (χ3n) is 4.02. The van der Waals surface area contributed by atoms with Crippen LogP contribution in [-0.4, -0.2) is 35.6 Å². The van der Waals surface area contributed by atoms with Gasteiger partial charge in [-0.1, -0.05) is 23.2 Å². The molecule has 1 N–H and O–H groups in total. The van der Waals surface area contributed by atoms with Gasteiger partial charge < -0.3 is 5.32 Å². The lowest BCUT2D eigenvalue weighted by Crippen LogP contribution is -2.16. The summed E-state index contributed by atoms with van der Waals surface area (Å²) in [6.45, 7) is 1.75. The molecular weight excluding hydrogens is 373 g/mol. The highest BCUT2D eigenvalue weighted by Crippen LogP contribution is 2.27. The second kappa shape index (κ2) is 6.38. The van der Waals surface area contributed by atoms with Gasteiger partial charge in [-0.3, -0.25) is 9.48 Å². The average molecular weight is 388 g/mol. The van der Waals surface area contributed by atoms with Crippen LogP contribution in [-0.2, 0) is 9.84 Å². The molecule has 9 heteroatoms. The summed E-state index contributed by atoms with van der Waals surface area (Å²) in [5, 5.41) is 7.68. The Hall–Kier alpha value is -1.57. The number of halogens is 2. The SMILES string of the molecule is Cc1c(C(=O)Nc2ccc(Cl)c(Cl)c2)cnn1C1CCS(=O)(=O)C1. The quantitative estimate of drug-likeness (QED) is 0.876. The van der Waals surface area contributed by atoms with Gasteiger partial charge in [0.2, 0.25) is 0 Å². The molecule has 1 fully saturated rings. The number of nitrogens with zero attached hydrogens (tertiary/aromatic N) is 2. The summed E-state index contributed by atoms with van der Waals surface area (Å²) in [5.41, 5.74) is 1.55. The van der Waals surface area contributed by atoms with Crippen molar-refractivity contribution in [2.45, 2.75) is 19.4 Å². The number of rotatable bonds is 3. The van der Waals surface area contributed by atoms with E-state index in [1.54, 1.807) is 29.8 Å². The van der Waals surface area contributed by atoms with Gasteiger partial charge in [0, 0.05) is 11.4 Å². The molecule has 0 aliphatic carbocycles. The lowest BCUT2D eigenvalue weighted by Gasteiger charge is -2.11. The lowest BCUT2D eigenvalue weighted by atomic mass is 10.2. The first kappa shape index (κ1) is 17.3. The molecule has 0 saturated carbocycles. The van der Waals surface area contributed by atoms with Gasteiger partial charge in [0.25, 0.3) is 5.91 Å². The number of benzene rings is 1. The van der Waals surface area contributed by atoms with Crippen molar-refractivity contribution in [1.82, 2.24) is 9.78 Å². The van der Waals surface area contributed by atoms with Gasteiger partial charge in [0.05, 0.1) is 39.4 Å². The van der Waals surface area contributed by atoms with E-state index in [2.05, 4.69) is 10.4 Å². The summed E-state index contributed by atoms with van der Waals surface area (Å²) in [5.74, 6) is -0.122. The average Bonchev–Trinajstić information content (AvgIpc) is 3.05. The maximum absolute atomic E-state index is 12.4. The Bertz CT molecular complexity index is 909. The zero-order chi connectivity index (χ0) is 17.5. The van der Waals surface area contributed by atoms with Gasteiger partial charge in [-0.2, -0.15) is 5.10 Å². The van der Waals surface area contributed by atoms with Gasteiger partial charge in [-0.15, -0.1) is 0 Å². The van der Waals surface area contributed by atoms with Crippen LogP contribution >= 0.6 is 23.2 Å². The smallest absolute Gasteiger partial charge is 0.259 e. The van der Waals surface area contributed by atoms with E-state index in [-0.39, 0.29) is 23.5 Å². The first-order valence-electron chi connectivity index (χ1n) is 7.28. The normalized spacial score (nSPS) is 19.4. The number of anilines is 1. The van der Waals surface area contributed by atoms with Gasteiger partial charge in [-0.25, -0.2) is 8.42 Å². The number of sulfone groups is 1. The van der Waals surface area contributed by atoms with E-state index in [0.717, 1.165) is 0 Å². The molecule has 1 saturated heterocycles. The minimum absolute atomic E-state index is 0.0589. The van der Waals surface area contributed by atoms with Crippen LogP contribution in [0.4, 0.5) is 5.69 Å². The standard InChI is InChI=1S/C15H15Cl2N3O3S/c1-9-12(7-18-20(9)11-4-5-24(22,23)8-11)15(21)19-10-2-3-13(16)14(17)6-10/h2-3,6-7,11H,4-5,8H2,1H3,(H,19,21). The minimum Gasteiger partial charge on any atom is -0.322 e. The topological polar surface area (TPSA) is 81.1 Å². The molecule has 0 radical (unpaired) electrons. The van der Waals surface area contributed by atoms with Crippen LogP contribution in [0.25, 0.3) is 0 Å². The van der Waals surface area contributed by atoms with Crippen LogP contribution < -0.4 is 5.32 Å². The highest BCUT2D eigenvalue weighted by Gasteiger charge is 2.31. The lowest BCUT2D eigenvalue weighted by molar-refractivity contribution is 0.102. The van der Waals surface area contributed by atoms with Crippen LogP contribution in [0.3, 0.4) is 0 Å². The first-order chi connectivity index (χ1) is 11.3. The summed E-state index contributed by atoms with van der Waals surface area (Å²) >= 11 is 11.8. The van der Waals surface area contributed by atoms with Crippen molar-refractivity contribution in [2.24, 2.45) is 0 Å². The van der Waals surface area contributed by atoms with E-state index in [0.29, 0.717) is 33.4 Å². The Morgan fingerprint density at radius 3 is 2.71 bits per heavy atom. The summed E-state index contributed by atoms with van der Waals surface area (Å²) in [6, 6.07) is 4.58. The van der Waals surface area contributed by atoms with E-state index in [9.17, 15) is 13.2 Å². The van der Waals surface area contributed by atoms with Crippen molar-refractivity contribution < 1.29 is 13.2 Å². The Morgan fingerprint density at radius 1 is 1.33 bits per heavy atom. The van der Waals surface area contributed by atoms with Gasteiger partial charge in [-0.05, 0) is 31.5 Å². The Morgan fingerprint density at radius 2 is 2.08 bits per heavy atom. The van der Waals surface area contributed by atoms with Crippen LogP contribution in [0.1, 0.15) is 28.5 Å². The van der Waals surface area contributed by atoms with Crippen molar-refractivity contribution in [1.29, 1.82) is 0 Å². The number of amides is 1. The molecule has 2 aromatic rings. The zero-order valence-electron chi connectivity index (χ0n) is 12.8. The zero-order valence-corrected chi connectivity index (χ0v) is 15.1. The maximum Gasteiger partial charge on any atom is 0.259 e. The van der Waals surface area contributed by atoms with Crippen molar-refractivity contribution in [3.05, 3.63) is 45.7 Å². The fourth-order valence-electron chi connectivity index (χ4n) is 2.76. The second-order valence-electron chi connectivity index (χ2n) is 5.73. The molecule has 6 nitrogen and oxygen atoms in total. The molecule has 1 aromatic heterocycles. The van der Waals surface area contributed by atoms with Crippen LogP contribution in [0.2, 0.25) is 10.0 Å². The van der Waals surface area contributed by atoms with Gasteiger partial charge in [0.15, 0.2) is 9.84 Å². The fourth-order valence-corrected chi connectivity index (χ4v) is 4.75. The van der Waals surface area contributed by atoms with Gasteiger partial charge in [0.1, 0.15) is 0 Å². The monoisotopic (exact) mass is 387 g/mol. The van der Waals surface area contributed by atoms with E-state index < -0.39 is 9.84 Å². The van der Waals surface area contributed by atoms with Crippen molar-refractivity contribution in [3.8, 4) is 0 Å². The van der Waals surface area contributed by atoms with Crippen LogP contribution in [0, 0.1) is 6.92 Å². The number of aromatic nitrogens is 2. The molecule has 128 valence electrons. The highest BCUT2D eigenvalue weighted by molar-refractivity contribution is 7.91. The minimum atomic E-state index is -3.02. The van der Waals surface area contributed by atoms with Gasteiger partial charge >= 0.3 is 0 Å². The predicted molar refractivity (Wildman–Crippen MR) is 93.7 cm³/mol. The Labute approximate surface area is 149 Å². The number of hydrogen-bond donors (Lipinski definition) is 1. The third-order valence-corrected chi connectivity index (χ3v) is 6.51. The molecule has 0 bridgehead atoms. The highest BCUT2D eigenvalue weighted by atomic mass is 35.5. The van der Waals surface area contributed by atoms with Crippen molar-refractivity contribution in [3.63, 3.8) is 0 Å². The molecule has 1 aliphatic heterocycles. The summed E-state index contributed by atoms with van der Waals surface area (Å²) in [4.78, 5) is 12.4. The Balaban J connectivity index is 1.80. The second-order valence-corrected chi connectivity index (χ2v) is 8.77. The summed E-state index contributed by atoms with van der Waals surface area (Å²) in [6.07, 6.45) is 1.96. The largest absolute Gasteiger partial charge is 0.322 e. The molecule has 3 rings (SSSR count). The van der Waals surface area contributed by atoms with E-state index in [1.807, 2.05) is 0 Å². The summed E-state index contributed by atoms with van der Waals surface area (Å²) < 4.78 is 24.9. The molecular formula is C15H15Cl2N3O3S. The molecule has 0 spiro atoms. The first-order valence-corrected chi connectivity index (χ1v) is 9.85. The molecule has 1 aliphatic rings. The van der Waals surface area contributed by atoms with Crippen molar-refractivity contribution in [2.75, 3.05) is 16.8 Å². The molecule has 1 unspecified atom stereocenters. The third kappa shape index (κ3) is 3.43. The van der Waals surface area contributed by atoms with E-state index >= 15 is 0 Å². The number of nitrogens with one attached hydrogen (secondary N) is 1. The Kier molecular flexibility index (Phi) is 4.59. The molecule has 24 heavy (non-hydrogen) atoms. The van der Waals surface area contributed by atoms with Crippen LogP contribution in [0.5, 0.6) is 0 Å².